The first-order valence-corrected chi connectivity index (χ1v) is 15.5. The molecule has 11 nitrogen and oxygen atoms in total. The van der Waals surface area contributed by atoms with Crippen molar-refractivity contribution in [3.8, 4) is 5.75 Å². The second-order valence-electron chi connectivity index (χ2n) is 11.4. The van der Waals surface area contributed by atoms with Gasteiger partial charge in [-0.25, -0.2) is 4.79 Å². The number of thiazole rings is 1. The molecule has 2 aliphatic carbocycles. The maximum Gasteiger partial charge on any atom is 0.326 e. The summed E-state index contributed by atoms with van der Waals surface area (Å²) in [6.07, 6.45) is 0.713. The van der Waals surface area contributed by atoms with Crippen LogP contribution >= 0.6 is 23.1 Å². The van der Waals surface area contributed by atoms with Crippen LogP contribution in [0.25, 0.3) is 0 Å². The van der Waals surface area contributed by atoms with E-state index >= 15 is 0 Å². The van der Waals surface area contributed by atoms with Crippen molar-refractivity contribution in [1.82, 2.24) is 14.8 Å². The lowest BCUT2D eigenvalue weighted by Gasteiger charge is -2.43. The van der Waals surface area contributed by atoms with Gasteiger partial charge in [0.05, 0.1) is 30.1 Å². The third kappa shape index (κ3) is 4.15. The second-order valence-corrected chi connectivity index (χ2v) is 13.6. The van der Waals surface area contributed by atoms with Crippen LogP contribution in [0.3, 0.4) is 0 Å². The first kappa shape index (κ1) is 26.7. The van der Waals surface area contributed by atoms with Gasteiger partial charge in [-0.1, -0.05) is 23.5 Å². The number of thioether (sulfide) groups is 1. The van der Waals surface area contributed by atoms with E-state index < -0.39 is 29.8 Å². The molecule has 2 saturated heterocycles. The van der Waals surface area contributed by atoms with Crippen LogP contribution in [0.4, 0.5) is 0 Å². The Morgan fingerprint density at radius 1 is 1.15 bits per heavy atom. The number of carboxylic acids is 1. The molecule has 7 rings (SSSR count). The highest BCUT2D eigenvalue weighted by Crippen LogP contribution is 2.68. The Morgan fingerprint density at radius 2 is 1.88 bits per heavy atom. The van der Waals surface area contributed by atoms with Gasteiger partial charge in [0.2, 0.25) is 11.8 Å². The summed E-state index contributed by atoms with van der Waals surface area (Å²) in [5.41, 5.74) is 0.921. The number of hydrogen-bond acceptors (Lipinski definition) is 9. The molecule has 8 atom stereocenters. The molecule has 1 aromatic heterocycles. The molecule has 2 saturated carbocycles. The van der Waals surface area contributed by atoms with E-state index in [1.807, 2.05) is 18.2 Å². The molecule has 3 aliphatic heterocycles. The number of carbonyl (C=O) groups is 4. The zero-order valence-corrected chi connectivity index (χ0v) is 23.8. The van der Waals surface area contributed by atoms with Crippen LogP contribution in [0.1, 0.15) is 29.7 Å². The number of ether oxygens (including phenoxy) is 2. The standard InChI is InChI=1S/C28H29N3O8S2/c1-12(27(35)36)31-25(33)20-15-10-16(21(20)26(31)34)22-19(15)18(23-24(40-22)29-28(37)41-23)13-3-2-4-14(9-13)39-11-17(32)30-5-7-38-8-6-30/h2-4,9,12,15-16,18-22H,5-8,10-11H2,1H3,(H,29,37)(H,35,36)/t12?,15?,16?,18-,19?,20?,21?,22?/m1/s1. The lowest BCUT2D eigenvalue weighted by atomic mass is 9.68. The second kappa shape index (κ2) is 9.99. The number of fused-ring (bicyclic) bond motifs is 9. The zero-order chi connectivity index (χ0) is 28.6. The highest BCUT2D eigenvalue weighted by Gasteiger charge is 2.70. The molecule has 13 heteroatoms. The van der Waals surface area contributed by atoms with Crippen LogP contribution < -0.4 is 9.61 Å². The molecule has 2 N–H and O–H groups in total. The number of aromatic nitrogens is 1. The average molecular weight is 600 g/mol. The van der Waals surface area contributed by atoms with Crippen LogP contribution in [-0.2, 0) is 23.9 Å². The van der Waals surface area contributed by atoms with E-state index in [0.29, 0.717) is 38.5 Å². The molecule has 2 aromatic rings. The number of aromatic amines is 1. The SMILES string of the molecule is CC(C(=O)O)N1C(=O)C2C3CC(C2C1=O)C1C3Sc2[nH]c(=O)sc2[C@@H]1c1cccc(OCC(=O)N2CCOCC2)c1. The van der Waals surface area contributed by atoms with Crippen molar-refractivity contribution < 1.29 is 33.8 Å². The molecule has 216 valence electrons. The van der Waals surface area contributed by atoms with Gasteiger partial charge < -0.3 is 24.5 Å². The number of nitrogens with zero attached hydrogens (tertiary/aromatic N) is 2. The fourth-order valence-corrected chi connectivity index (χ4v) is 10.6. The van der Waals surface area contributed by atoms with Gasteiger partial charge in [-0.3, -0.25) is 24.1 Å². The topological polar surface area (TPSA) is 146 Å². The van der Waals surface area contributed by atoms with E-state index in [-0.39, 0.29) is 52.2 Å². The summed E-state index contributed by atoms with van der Waals surface area (Å²) in [5, 5.41) is 10.3. The number of likely N-dealkylation sites (tertiary alicyclic amines) is 1. The monoisotopic (exact) mass is 599 g/mol. The summed E-state index contributed by atoms with van der Waals surface area (Å²) in [6, 6.07) is 6.34. The number of imide groups is 1. The first-order valence-electron chi connectivity index (χ1n) is 13.8. The average Bonchev–Trinajstić information content (AvgIpc) is 3.70. The van der Waals surface area contributed by atoms with Crippen molar-refractivity contribution in [1.29, 1.82) is 0 Å². The number of benzene rings is 1. The minimum absolute atomic E-state index is 0.00620. The molecule has 3 amide bonds. The van der Waals surface area contributed by atoms with E-state index in [1.54, 1.807) is 22.7 Å². The third-order valence-electron chi connectivity index (χ3n) is 9.45. The van der Waals surface area contributed by atoms with Crippen molar-refractivity contribution >= 4 is 46.8 Å². The Labute approximate surface area is 243 Å². The molecule has 0 radical (unpaired) electrons. The van der Waals surface area contributed by atoms with E-state index in [2.05, 4.69) is 4.98 Å². The van der Waals surface area contributed by atoms with Crippen molar-refractivity contribution in [2.45, 2.75) is 35.6 Å². The maximum atomic E-state index is 13.6. The Morgan fingerprint density at radius 3 is 2.61 bits per heavy atom. The number of amides is 3. The van der Waals surface area contributed by atoms with Gasteiger partial charge in [-0.2, -0.15) is 0 Å². The van der Waals surface area contributed by atoms with Crippen molar-refractivity contribution in [3.05, 3.63) is 44.4 Å². The summed E-state index contributed by atoms with van der Waals surface area (Å²) in [7, 11) is 0. The number of aliphatic carboxylic acids is 1. The molecule has 7 unspecified atom stereocenters. The van der Waals surface area contributed by atoms with Gasteiger partial charge in [-0.05, 0) is 48.8 Å². The van der Waals surface area contributed by atoms with Gasteiger partial charge in [0.25, 0.3) is 5.91 Å². The first-order chi connectivity index (χ1) is 19.7. The molecule has 1 aromatic carbocycles. The molecule has 2 bridgehead atoms. The molecule has 5 aliphatic rings. The van der Waals surface area contributed by atoms with Crippen molar-refractivity contribution in [3.63, 3.8) is 0 Å². The summed E-state index contributed by atoms with van der Waals surface area (Å²) >= 11 is 2.74. The molecule has 0 spiro atoms. The molecule has 4 fully saturated rings. The fourth-order valence-electron chi connectivity index (χ4n) is 7.75. The van der Waals surface area contributed by atoms with Crippen LogP contribution in [0, 0.1) is 29.6 Å². The Balaban J connectivity index is 1.20. The zero-order valence-electron chi connectivity index (χ0n) is 22.2. The molecule has 4 heterocycles. The van der Waals surface area contributed by atoms with Gasteiger partial charge in [0.1, 0.15) is 11.8 Å². The smallest absolute Gasteiger partial charge is 0.326 e. The van der Waals surface area contributed by atoms with E-state index in [4.69, 9.17) is 9.47 Å². The number of rotatable bonds is 6. The highest BCUT2D eigenvalue weighted by atomic mass is 32.2. The van der Waals surface area contributed by atoms with E-state index in [1.165, 1.54) is 6.92 Å². The number of morpholine rings is 1. The quantitative estimate of drug-likeness (QED) is 0.473. The summed E-state index contributed by atoms with van der Waals surface area (Å²) in [6.45, 7) is 3.38. The molecular weight excluding hydrogens is 570 g/mol. The van der Waals surface area contributed by atoms with Gasteiger partial charge >= 0.3 is 10.8 Å². The minimum Gasteiger partial charge on any atom is -0.484 e. The van der Waals surface area contributed by atoms with Crippen LogP contribution in [-0.4, -0.2) is 87.8 Å². The Hall–Kier alpha value is -3.16. The van der Waals surface area contributed by atoms with Crippen molar-refractivity contribution in [2.75, 3.05) is 32.9 Å². The van der Waals surface area contributed by atoms with Gasteiger partial charge in [-0.15, -0.1) is 11.8 Å². The minimum atomic E-state index is -1.21. The summed E-state index contributed by atoms with van der Waals surface area (Å²) in [5.74, 6) is -3.07. The largest absolute Gasteiger partial charge is 0.484 e. The number of hydrogen-bond donors (Lipinski definition) is 2. The summed E-state index contributed by atoms with van der Waals surface area (Å²) < 4.78 is 11.2. The van der Waals surface area contributed by atoms with Crippen molar-refractivity contribution in [2.24, 2.45) is 29.6 Å². The number of carboxylic acid groups (broad SMARTS) is 1. The predicted molar refractivity (Wildman–Crippen MR) is 147 cm³/mol. The fraction of sp³-hybridized carbons (Fsp3) is 0.536. The van der Waals surface area contributed by atoms with Gasteiger partial charge in [0, 0.05) is 29.1 Å². The normalized spacial score (nSPS) is 32.5. The summed E-state index contributed by atoms with van der Waals surface area (Å²) in [4.78, 5) is 70.2. The van der Waals surface area contributed by atoms with Crippen LogP contribution in [0.5, 0.6) is 5.75 Å². The highest BCUT2D eigenvalue weighted by molar-refractivity contribution is 8.00. The number of carbonyl (C=O) groups excluding carboxylic acids is 3. The third-order valence-corrected chi connectivity index (χ3v) is 12.0. The predicted octanol–water partition coefficient (Wildman–Crippen LogP) is 1.62. The Bertz CT molecular complexity index is 1500. The van der Waals surface area contributed by atoms with E-state index in [9.17, 15) is 29.1 Å². The lowest BCUT2D eigenvalue weighted by molar-refractivity contribution is -0.154. The van der Waals surface area contributed by atoms with E-state index in [0.717, 1.165) is 31.7 Å². The number of nitrogens with one attached hydrogen (secondary N) is 1. The molecule has 41 heavy (non-hydrogen) atoms. The van der Waals surface area contributed by atoms with Crippen LogP contribution in [0.2, 0.25) is 0 Å². The van der Waals surface area contributed by atoms with Crippen LogP contribution in [0.15, 0.2) is 34.1 Å². The maximum absolute atomic E-state index is 13.6. The number of H-pyrrole nitrogens is 1. The Kier molecular flexibility index (Phi) is 6.51. The van der Waals surface area contributed by atoms with Gasteiger partial charge in [0.15, 0.2) is 6.61 Å². The molecular formula is C28H29N3O8S2. The lowest BCUT2D eigenvalue weighted by Crippen LogP contribution is -2.44.